The van der Waals surface area contributed by atoms with Crippen LogP contribution in [0.3, 0.4) is 0 Å². The molecule has 12 nitrogen and oxygen atoms in total. The summed E-state index contributed by atoms with van der Waals surface area (Å²) < 4.78 is 20.6. The van der Waals surface area contributed by atoms with Gasteiger partial charge in [-0.2, -0.15) is 0 Å². The highest BCUT2D eigenvalue weighted by Gasteiger charge is 2.47. The number of likely N-dealkylation sites (tertiary alicyclic amines) is 1. The molecule has 3 N–H and O–H groups in total. The molecule has 0 radical (unpaired) electrons. The van der Waals surface area contributed by atoms with Gasteiger partial charge in [0.15, 0.2) is 5.58 Å². The van der Waals surface area contributed by atoms with E-state index < -0.39 is 5.41 Å². The first-order chi connectivity index (χ1) is 23.1. The van der Waals surface area contributed by atoms with Crippen LogP contribution in [0, 0.1) is 5.82 Å². The van der Waals surface area contributed by atoms with E-state index in [-0.39, 0.29) is 30.6 Å². The van der Waals surface area contributed by atoms with Crippen LogP contribution in [0.15, 0.2) is 83.4 Å². The molecule has 13 heteroatoms. The van der Waals surface area contributed by atoms with Crippen molar-refractivity contribution in [2.45, 2.75) is 18.3 Å². The molecule has 2 aliphatic rings. The zero-order valence-electron chi connectivity index (χ0n) is 26.3. The minimum Gasteiger partial charge on any atom is -0.483 e. The van der Waals surface area contributed by atoms with Gasteiger partial charge in [-0.1, -0.05) is 30.3 Å². The highest BCUT2D eigenvalue weighted by Crippen LogP contribution is 2.48. The number of aromatic amines is 1. The van der Waals surface area contributed by atoms with E-state index in [1.165, 1.54) is 6.07 Å². The van der Waals surface area contributed by atoms with Crippen molar-refractivity contribution in [3.05, 3.63) is 102 Å². The maximum absolute atomic E-state index is 14.5. The number of anilines is 2. The summed E-state index contributed by atoms with van der Waals surface area (Å²) in [4.78, 5) is 56.9. The maximum atomic E-state index is 14.5. The van der Waals surface area contributed by atoms with E-state index in [1.807, 2.05) is 66.4 Å². The first-order valence-electron chi connectivity index (χ1n) is 15.0. The van der Waals surface area contributed by atoms with Gasteiger partial charge in [-0.25, -0.2) is 9.37 Å². The minimum atomic E-state index is -0.441. The number of hydrogen-bond acceptors (Lipinski definition) is 7. The number of aromatic nitrogens is 2. The number of carbonyl (C=O) groups is 4. The van der Waals surface area contributed by atoms with Gasteiger partial charge >= 0.3 is 0 Å². The lowest BCUT2D eigenvalue weighted by Crippen LogP contribution is -2.48. The Kier molecular flexibility index (Phi) is 9.88. The molecule has 2 aromatic carbocycles. The van der Waals surface area contributed by atoms with Crippen LogP contribution in [0.2, 0.25) is 0 Å². The summed E-state index contributed by atoms with van der Waals surface area (Å²) in [6.45, 7) is 0.926. The number of nitrogens with one attached hydrogen (secondary N) is 1. The average molecular weight is 656 g/mol. The van der Waals surface area contributed by atoms with E-state index in [2.05, 4.69) is 9.97 Å². The summed E-state index contributed by atoms with van der Waals surface area (Å²) in [5.41, 5.74) is 4.34. The Morgan fingerprint density at radius 2 is 1.65 bits per heavy atom. The van der Waals surface area contributed by atoms with Gasteiger partial charge in [-0.05, 0) is 48.7 Å². The fraction of sp³-hybridized carbons (Fsp3) is 0.229. The van der Waals surface area contributed by atoms with E-state index in [0.717, 1.165) is 28.2 Å². The Balaban J connectivity index is 0.000000701. The van der Waals surface area contributed by atoms with E-state index in [4.69, 9.17) is 24.2 Å². The highest BCUT2D eigenvalue weighted by atomic mass is 19.1. The third-order valence-electron chi connectivity index (χ3n) is 8.58. The van der Waals surface area contributed by atoms with Crippen LogP contribution in [0.1, 0.15) is 39.3 Å². The Morgan fingerprint density at radius 3 is 2.25 bits per heavy atom. The maximum Gasteiger partial charge on any atom is 0.290 e. The molecular weight excluding hydrogens is 621 g/mol. The number of rotatable bonds is 4. The molecule has 7 rings (SSSR count). The van der Waals surface area contributed by atoms with Gasteiger partial charge in [0.25, 0.3) is 24.8 Å². The number of amides is 2. The zero-order valence-corrected chi connectivity index (χ0v) is 26.3. The Labute approximate surface area is 275 Å². The number of benzene rings is 2. The Bertz CT molecular complexity index is 1880. The number of furan rings is 1. The first kappa shape index (κ1) is 33.4. The monoisotopic (exact) mass is 655 g/mol. The van der Waals surface area contributed by atoms with Gasteiger partial charge < -0.3 is 34.3 Å². The van der Waals surface area contributed by atoms with Gasteiger partial charge in [0.2, 0.25) is 0 Å². The SMILES string of the molecule is CN(C)c1ccc(C(=O)N2CCC3(CC2)CN(C(=O)c2cc4oc(-c5ccccc5)cc4[nH]2)c2ccc(F)cc23)cn1.O=CO.O=CO. The van der Waals surface area contributed by atoms with Crippen molar-refractivity contribution in [1.82, 2.24) is 14.9 Å². The second-order valence-electron chi connectivity index (χ2n) is 11.6. The number of piperidine rings is 1. The Morgan fingerprint density at radius 1 is 0.958 bits per heavy atom. The normalized spacial score (nSPS) is 14.3. The molecule has 0 atom stereocenters. The number of fused-ring (bicyclic) bond motifs is 3. The summed E-state index contributed by atoms with van der Waals surface area (Å²) in [7, 11) is 3.80. The van der Waals surface area contributed by atoms with Gasteiger partial charge in [0.1, 0.15) is 23.1 Å². The van der Waals surface area contributed by atoms with Crippen molar-refractivity contribution in [2.75, 3.05) is 43.5 Å². The lowest BCUT2D eigenvalue weighted by Gasteiger charge is -2.40. The number of nitrogens with zero attached hydrogens (tertiary/aromatic N) is 4. The van der Waals surface area contributed by atoms with Crippen LogP contribution >= 0.6 is 0 Å². The number of H-pyrrole nitrogens is 1. The lowest BCUT2D eigenvalue weighted by atomic mass is 9.74. The summed E-state index contributed by atoms with van der Waals surface area (Å²) >= 11 is 0. The molecule has 0 saturated carbocycles. The molecule has 3 aromatic heterocycles. The van der Waals surface area contributed by atoms with Crippen LogP contribution in [0.25, 0.3) is 22.4 Å². The van der Waals surface area contributed by atoms with Crippen molar-refractivity contribution in [1.29, 1.82) is 0 Å². The summed E-state index contributed by atoms with van der Waals surface area (Å²) in [6.07, 6.45) is 2.85. The molecule has 1 fully saturated rings. The minimum absolute atomic E-state index is 0.0723. The summed E-state index contributed by atoms with van der Waals surface area (Å²) in [6, 6.07) is 21.7. The van der Waals surface area contributed by atoms with E-state index >= 15 is 0 Å². The topological polar surface area (TPSA) is 160 Å². The van der Waals surface area contributed by atoms with Crippen molar-refractivity contribution >= 4 is 47.4 Å². The molecule has 2 amide bonds. The van der Waals surface area contributed by atoms with Crippen molar-refractivity contribution < 1.29 is 38.2 Å². The van der Waals surface area contributed by atoms with E-state index in [9.17, 15) is 14.0 Å². The first-order valence-corrected chi connectivity index (χ1v) is 15.0. The molecule has 0 bridgehead atoms. The second-order valence-corrected chi connectivity index (χ2v) is 11.6. The molecule has 1 saturated heterocycles. The number of carboxylic acid groups (broad SMARTS) is 2. The summed E-state index contributed by atoms with van der Waals surface area (Å²) in [5.74, 6) is 0.904. The van der Waals surface area contributed by atoms with Crippen molar-refractivity contribution in [3.63, 3.8) is 0 Å². The fourth-order valence-corrected chi connectivity index (χ4v) is 6.28. The number of pyridine rings is 1. The molecule has 48 heavy (non-hydrogen) atoms. The Hall–Kier alpha value is -5.98. The van der Waals surface area contributed by atoms with Crippen LogP contribution in [0.4, 0.5) is 15.9 Å². The molecule has 5 aromatic rings. The number of halogens is 1. The van der Waals surface area contributed by atoms with Crippen molar-refractivity contribution in [2.24, 2.45) is 0 Å². The molecule has 5 heterocycles. The predicted octanol–water partition coefficient (Wildman–Crippen LogP) is 5.26. The average Bonchev–Trinajstić information content (AvgIpc) is 3.77. The largest absolute Gasteiger partial charge is 0.483 e. The van der Waals surface area contributed by atoms with Crippen LogP contribution in [-0.2, 0) is 15.0 Å². The third kappa shape index (κ3) is 6.61. The number of hydrogen-bond donors (Lipinski definition) is 3. The smallest absolute Gasteiger partial charge is 0.290 e. The van der Waals surface area contributed by atoms with Crippen LogP contribution in [0.5, 0.6) is 0 Å². The molecule has 2 aliphatic heterocycles. The molecule has 1 spiro atoms. The lowest BCUT2D eigenvalue weighted by molar-refractivity contribution is -0.123. The van der Waals surface area contributed by atoms with E-state index in [1.54, 1.807) is 35.4 Å². The number of carbonyl (C=O) groups excluding carboxylic acids is 2. The quantitative estimate of drug-likeness (QED) is 0.219. The standard InChI is InChI=1S/C33H30FN5O3.2CH2O2/c1-37(2)30-11-8-22(19-35-30)31(40)38-14-12-33(13-15-38)20-39(27-10-9-23(34)16-24(27)33)32(41)26-18-29-25(36-26)17-28(42-29)21-6-4-3-5-7-21;2*2-1-3/h3-11,16-19,36H,12-15,20H2,1-2H3;2*1H,(H,2,3). The van der Waals surface area contributed by atoms with Gasteiger partial charge in [-0.15, -0.1) is 0 Å². The highest BCUT2D eigenvalue weighted by molar-refractivity contribution is 6.08. The van der Waals surface area contributed by atoms with Crippen LogP contribution in [-0.4, -0.2) is 83.6 Å². The molecule has 0 unspecified atom stereocenters. The summed E-state index contributed by atoms with van der Waals surface area (Å²) in [5, 5.41) is 13.8. The van der Waals surface area contributed by atoms with Crippen molar-refractivity contribution in [3.8, 4) is 11.3 Å². The van der Waals surface area contributed by atoms with Gasteiger partial charge in [0, 0.05) is 68.7 Å². The third-order valence-corrected chi connectivity index (χ3v) is 8.58. The molecular formula is C35H34FN5O7. The van der Waals surface area contributed by atoms with E-state index in [0.29, 0.717) is 55.0 Å². The van der Waals surface area contributed by atoms with Crippen LogP contribution < -0.4 is 9.80 Å². The molecule has 248 valence electrons. The van der Waals surface area contributed by atoms with Gasteiger partial charge in [-0.3, -0.25) is 19.2 Å². The fourth-order valence-electron chi connectivity index (χ4n) is 6.28. The second kappa shape index (κ2) is 14.2. The molecule has 0 aliphatic carbocycles. The zero-order chi connectivity index (χ0) is 34.4. The predicted molar refractivity (Wildman–Crippen MR) is 177 cm³/mol. The van der Waals surface area contributed by atoms with Gasteiger partial charge in [0.05, 0.1) is 11.1 Å².